The number of fused-ring (bicyclic) bond motifs is 1. The summed E-state index contributed by atoms with van der Waals surface area (Å²) in [5.41, 5.74) is 3.36. The lowest BCUT2D eigenvalue weighted by Crippen LogP contribution is -2.47. The zero-order valence-electron chi connectivity index (χ0n) is 16.0. The maximum atomic E-state index is 4.96. The third kappa shape index (κ3) is 3.17. The topological polar surface area (TPSA) is 70.9 Å². The van der Waals surface area contributed by atoms with Crippen molar-refractivity contribution in [2.45, 2.75) is 26.2 Å². The van der Waals surface area contributed by atoms with Crippen LogP contribution in [0.5, 0.6) is 0 Å². The second-order valence-corrected chi connectivity index (χ2v) is 7.30. The first kappa shape index (κ1) is 17.0. The van der Waals surface area contributed by atoms with Crippen molar-refractivity contribution in [2.24, 2.45) is 0 Å². The Bertz CT molecular complexity index is 981. The predicted octanol–water partition coefficient (Wildman–Crippen LogP) is 2.45. The number of anilines is 2. The highest BCUT2D eigenvalue weighted by Gasteiger charge is 2.26. The van der Waals surface area contributed by atoms with Gasteiger partial charge in [-0.1, -0.05) is 6.07 Å². The fourth-order valence-electron chi connectivity index (χ4n) is 4.05. The number of pyridine rings is 1. The van der Waals surface area contributed by atoms with Crippen LogP contribution in [0.3, 0.4) is 0 Å². The molecule has 3 aromatic heterocycles. The van der Waals surface area contributed by atoms with Gasteiger partial charge in [-0.25, -0.2) is 19.9 Å². The summed E-state index contributed by atoms with van der Waals surface area (Å²) in [6.45, 7) is 5.63. The minimum Gasteiger partial charge on any atom is -0.353 e. The van der Waals surface area contributed by atoms with Crippen LogP contribution in [0.2, 0.25) is 0 Å². The lowest BCUT2D eigenvalue weighted by Gasteiger charge is -2.36. The molecule has 7 nitrogen and oxygen atoms in total. The van der Waals surface area contributed by atoms with E-state index in [-0.39, 0.29) is 0 Å². The van der Waals surface area contributed by atoms with Crippen LogP contribution in [-0.2, 0) is 12.8 Å². The van der Waals surface area contributed by atoms with Gasteiger partial charge in [-0.2, -0.15) is 0 Å². The third-order valence-electron chi connectivity index (χ3n) is 5.47. The van der Waals surface area contributed by atoms with Crippen LogP contribution in [0.1, 0.15) is 23.5 Å². The van der Waals surface area contributed by atoms with E-state index in [2.05, 4.69) is 24.8 Å². The van der Waals surface area contributed by atoms with E-state index in [1.807, 2.05) is 37.4 Å². The first-order valence-electron chi connectivity index (χ1n) is 9.89. The van der Waals surface area contributed by atoms with E-state index in [0.29, 0.717) is 0 Å². The van der Waals surface area contributed by atoms with Crippen LogP contribution in [0.4, 0.5) is 11.6 Å². The largest absolute Gasteiger partial charge is 0.353 e. The summed E-state index contributed by atoms with van der Waals surface area (Å²) in [6.07, 6.45) is 6.89. The first-order valence-corrected chi connectivity index (χ1v) is 9.89. The average molecular weight is 373 g/mol. The second-order valence-electron chi connectivity index (χ2n) is 7.30. The van der Waals surface area contributed by atoms with Gasteiger partial charge in [-0.15, -0.1) is 0 Å². The molecule has 1 fully saturated rings. The van der Waals surface area contributed by atoms with Crippen molar-refractivity contribution < 1.29 is 0 Å². The molecule has 5 rings (SSSR count). The molecular weight excluding hydrogens is 350 g/mol. The van der Waals surface area contributed by atoms with Crippen LogP contribution < -0.4 is 9.80 Å². The molecule has 0 spiro atoms. The maximum absolute atomic E-state index is 4.96. The van der Waals surface area contributed by atoms with E-state index in [9.17, 15) is 0 Å². The zero-order chi connectivity index (χ0) is 18.9. The second kappa shape index (κ2) is 7.14. The summed E-state index contributed by atoms with van der Waals surface area (Å²) in [5, 5.41) is 0. The van der Waals surface area contributed by atoms with E-state index >= 15 is 0 Å². The molecule has 0 amide bonds. The van der Waals surface area contributed by atoms with Crippen LogP contribution in [0.15, 0.2) is 36.7 Å². The SMILES string of the molecule is Cc1nccc(N2CCN(c3nc(-c4ccccn4)nc4c3CCC4)CC2)n1. The van der Waals surface area contributed by atoms with Crippen molar-refractivity contribution in [2.75, 3.05) is 36.0 Å². The van der Waals surface area contributed by atoms with E-state index in [1.54, 1.807) is 6.20 Å². The van der Waals surface area contributed by atoms with Gasteiger partial charge in [0.2, 0.25) is 0 Å². The Morgan fingerprint density at radius 1 is 0.821 bits per heavy atom. The average Bonchev–Trinajstić information content (AvgIpc) is 3.23. The molecule has 2 aliphatic rings. The summed E-state index contributed by atoms with van der Waals surface area (Å²) in [5.74, 6) is 3.66. The van der Waals surface area contributed by atoms with Gasteiger partial charge < -0.3 is 9.80 Å². The monoisotopic (exact) mass is 373 g/mol. The van der Waals surface area contributed by atoms with Crippen molar-refractivity contribution in [3.63, 3.8) is 0 Å². The standard InChI is InChI=1S/C21H23N7/c1-15-22-10-8-19(24-15)27-11-13-28(14-12-27)21-16-5-4-7-17(16)25-20(26-21)18-6-2-3-9-23-18/h2-3,6,8-10H,4-5,7,11-14H2,1H3. The molecule has 3 aromatic rings. The number of hydrogen-bond acceptors (Lipinski definition) is 7. The Hall–Kier alpha value is -3.09. The molecule has 1 saturated heterocycles. The van der Waals surface area contributed by atoms with Gasteiger partial charge in [-0.05, 0) is 44.4 Å². The highest BCUT2D eigenvalue weighted by atomic mass is 15.3. The summed E-state index contributed by atoms with van der Waals surface area (Å²) >= 11 is 0. The smallest absolute Gasteiger partial charge is 0.180 e. The summed E-state index contributed by atoms with van der Waals surface area (Å²) < 4.78 is 0. The van der Waals surface area contributed by atoms with Gasteiger partial charge in [0.25, 0.3) is 0 Å². The molecule has 0 N–H and O–H groups in total. The van der Waals surface area contributed by atoms with Gasteiger partial charge in [0.15, 0.2) is 5.82 Å². The Kier molecular flexibility index (Phi) is 4.35. The van der Waals surface area contributed by atoms with E-state index in [1.165, 1.54) is 11.3 Å². The summed E-state index contributed by atoms with van der Waals surface area (Å²) in [6, 6.07) is 7.88. The van der Waals surface area contributed by atoms with E-state index in [0.717, 1.165) is 74.4 Å². The Balaban J connectivity index is 1.42. The molecule has 4 heterocycles. The van der Waals surface area contributed by atoms with Gasteiger partial charge in [0, 0.05) is 49.8 Å². The van der Waals surface area contributed by atoms with Crippen LogP contribution >= 0.6 is 0 Å². The van der Waals surface area contributed by atoms with Crippen LogP contribution in [0, 0.1) is 6.92 Å². The molecule has 0 unspecified atom stereocenters. The number of hydrogen-bond donors (Lipinski definition) is 0. The lowest BCUT2D eigenvalue weighted by atomic mass is 10.2. The molecule has 28 heavy (non-hydrogen) atoms. The number of aromatic nitrogens is 5. The molecule has 142 valence electrons. The summed E-state index contributed by atoms with van der Waals surface area (Å²) in [4.78, 5) is 27.7. The molecule has 0 atom stereocenters. The van der Waals surface area contributed by atoms with Crippen molar-refractivity contribution >= 4 is 11.6 Å². The normalized spacial score (nSPS) is 16.3. The highest BCUT2D eigenvalue weighted by Crippen LogP contribution is 2.31. The molecule has 0 saturated carbocycles. The van der Waals surface area contributed by atoms with E-state index < -0.39 is 0 Å². The Morgan fingerprint density at radius 2 is 1.68 bits per heavy atom. The van der Waals surface area contributed by atoms with Gasteiger partial charge in [0.1, 0.15) is 23.2 Å². The minimum atomic E-state index is 0.741. The van der Waals surface area contributed by atoms with Crippen molar-refractivity contribution in [3.05, 3.63) is 53.7 Å². The molecule has 7 heteroatoms. The van der Waals surface area contributed by atoms with Crippen LogP contribution in [0.25, 0.3) is 11.5 Å². The summed E-state index contributed by atoms with van der Waals surface area (Å²) in [7, 11) is 0. The van der Waals surface area contributed by atoms with E-state index in [4.69, 9.17) is 9.97 Å². The fourth-order valence-corrected chi connectivity index (χ4v) is 4.05. The number of rotatable bonds is 3. The number of aryl methyl sites for hydroxylation is 2. The third-order valence-corrected chi connectivity index (χ3v) is 5.47. The van der Waals surface area contributed by atoms with Crippen molar-refractivity contribution in [1.82, 2.24) is 24.9 Å². The van der Waals surface area contributed by atoms with Gasteiger partial charge in [-0.3, -0.25) is 4.98 Å². The Morgan fingerprint density at radius 3 is 2.46 bits per heavy atom. The van der Waals surface area contributed by atoms with Gasteiger partial charge >= 0.3 is 0 Å². The van der Waals surface area contributed by atoms with Crippen molar-refractivity contribution in [1.29, 1.82) is 0 Å². The molecule has 0 radical (unpaired) electrons. The minimum absolute atomic E-state index is 0.741. The molecule has 1 aliphatic carbocycles. The molecule has 1 aliphatic heterocycles. The zero-order valence-corrected chi connectivity index (χ0v) is 16.0. The van der Waals surface area contributed by atoms with Crippen molar-refractivity contribution in [3.8, 4) is 11.5 Å². The fraction of sp³-hybridized carbons (Fsp3) is 0.381. The number of piperazine rings is 1. The maximum Gasteiger partial charge on any atom is 0.180 e. The first-order chi connectivity index (χ1) is 13.8. The molecular formula is C21H23N7. The predicted molar refractivity (Wildman–Crippen MR) is 108 cm³/mol. The number of nitrogens with zero attached hydrogens (tertiary/aromatic N) is 7. The van der Waals surface area contributed by atoms with Crippen LogP contribution in [-0.4, -0.2) is 51.1 Å². The highest BCUT2D eigenvalue weighted by molar-refractivity contribution is 5.59. The lowest BCUT2D eigenvalue weighted by molar-refractivity contribution is 0.637. The quantitative estimate of drug-likeness (QED) is 0.698. The Labute approximate surface area is 164 Å². The van der Waals surface area contributed by atoms with Gasteiger partial charge in [0.05, 0.1) is 0 Å². The molecule has 0 bridgehead atoms. The molecule has 0 aromatic carbocycles.